The molecule has 1 aromatic rings. The van der Waals surface area contributed by atoms with Gasteiger partial charge in [-0.05, 0) is 42.5 Å². The molecule has 0 unspecified atom stereocenters. The minimum Gasteiger partial charge on any atom is -0.385 e. The SMILES string of the molecule is CCCCCNc1cc(SCC)cc(SCCC)c1. The molecule has 1 nitrogen and oxygen atoms in total. The van der Waals surface area contributed by atoms with Crippen molar-refractivity contribution >= 4 is 29.2 Å². The number of nitrogens with one attached hydrogen (secondary N) is 1. The molecule has 0 spiro atoms. The van der Waals surface area contributed by atoms with Crippen molar-refractivity contribution in [1.29, 1.82) is 0 Å². The summed E-state index contributed by atoms with van der Waals surface area (Å²) in [6, 6.07) is 6.91. The van der Waals surface area contributed by atoms with E-state index in [1.165, 1.54) is 46.9 Å². The number of thioether (sulfide) groups is 2. The highest BCUT2D eigenvalue weighted by Gasteiger charge is 2.02. The summed E-state index contributed by atoms with van der Waals surface area (Å²) >= 11 is 3.89. The molecule has 1 N–H and O–H groups in total. The molecule has 0 radical (unpaired) electrons. The second kappa shape index (κ2) is 10.5. The van der Waals surface area contributed by atoms with Crippen LogP contribution in [0.3, 0.4) is 0 Å². The summed E-state index contributed by atoms with van der Waals surface area (Å²) in [7, 11) is 0. The Morgan fingerprint density at radius 2 is 1.63 bits per heavy atom. The molecule has 0 aliphatic carbocycles. The van der Waals surface area contributed by atoms with Crippen molar-refractivity contribution in [3.8, 4) is 0 Å². The highest BCUT2D eigenvalue weighted by Crippen LogP contribution is 2.29. The highest BCUT2D eigenvalue weighted by atomic mass is 32.2. The largest absolute Gasteiger partial charge is 0.385 e. The molecule has 0 aliphatic rings. The van der Waals surface area contributed by atoms with Gasteiger partial charge in [0.1, 0.15) is 0 Å². The van der Waals surface area contributed by atoms with Crippen LogP contribution in [-0.2, 0) is 0 Å². The molecule has 0 aromatic heterocycles. The van der Waals surface area contributed by atoms with E-state index in [2.05, 4.69) is 44.3 Å². The van der Waals surface area contributed by atoms with Crippen LogP contribution in [0.1, 0.15) is 46.5 Å². The van der Waals surface area contributed by atoms with Gasteiger partial charge in [0.25, 0.3) is 0 Å². The van der Waals surface area contributed by atoms with Gasteiger partial charge in [-0.3, -0.25) is 0 Å². The van der Waals surface area contributed by atoms with Gasteiger partial charge in [0.15, 0.2) is 0 Å². The molecule has 0 amide bonds. The smallest absolute Gasteiger partial charge is 0.0362 e. The van der Waals surface area contributed by atoms with Crippen LogP contribution in [0.2, 0.25) is 0 Å². The van der Waals surface area contributed by atoms with Gasteiger partial charge in [-0.2, -0.15) is 0 Å². The van der Waals surface area contributed by atoms with Crippen LogP contribution in [0.25, 0.3) is 0 Å². The fraction of sp³-hybridized carbons (Fsp3) is 0.625. The van der Waals surface area contributed by atoms with E-state index in [1.807, 2.05) is 23.5 Å². The Morgan fingerprint density at radius 3 is 2.26 bits per heavy atom. The van der Waals surface area contributed by atoms with Crippen molar-refractivity contribution in [2.45, 2.75) is 56.2 Å². The molecule has 19 heavy (non-hydrogen) atoms. The Kier molecular flexibility index (Phi) is 9.27. The predicted molar refractivity (Wildman–Crippen MR) is 91.9 cm³/mol. The normalized spacial score (nSPS) is 10.7. The third-order valence-electron chi connectivity index (χ3n) is 2.77. The van der Waals surface area contributed by atoms with Crippen molar-refractivity contribution < 1.29 is 0 Å². The van der Waals surface area contributed by atoms with Crippen LogP contribution in [0.4, 0.5) is 5.69 Å². The van der Waals surface area contributed by atoms with Crippen LogP contribution in [0.5, 0.6) is 0 Å². The van der Waals surface area contributed by atoms with Crippen molar-refractivity contribution in [1.82, 2.24) is 0 Å². The average Bonchev–Trinajstić information content (AvgIpc) is 2.42. The maximum atomic E-state index is 3.57. The van der Waals surface area contributed by atoms with Crippen molar-refractivity contribution in [2.24, 2.45) is 0 Å². The topological polar surface area (TPSA) is 12.0 Å². The molecule has 1 aromatic carbocycles. The van der Waals surface area contributed by atoms with E-state index in [1.54, 1.807) is 0 Å². The van der Waals surface area contributed by atoms with Crippen LogP contribution in [0.15, 0.2) is 28.0 Å². The maximum Gasteiger partial charge on any atom is 0.0362 e. The van der Waals surface area contributed by atoms with Gasteiger partial charge in [-0.1, -0.05) is 33.6 Å². The molecule has 108 valence electrons. The van der Waals surface area contributed by atoms with Gasteiger partial charge in [0, 0.05) is 22.0 Å². The molecule has 0 aliphatic heterocycles. The van der Waals surface area contributed by atoms with Gasteiger partial charge < -0.3 is 5.32 Å². The second-order valence-corrected chi connectivity index (χ2v) is 7.11. The van der Waals surface area contributed by atoms with Crippen molar-refractivity contribution in [3.63, 3.8) is 0 Å². The van der Waals surface area contributed by atoms with E-state index >= 15 is 0 Å². The van der Waals surface area contributed by atoms with Crippen LogP contribution >= 0.6 is 23.5 Å². The lowest BCUT2D eigenvalue weighted by atomic mass is 10.2. The quantitative estimate of drug-likeness (QED) is 0.426. The van der Waals surface area contributed by atoms with Crippen LogP contribution in [-0.4, -0.2) is 18.1 Å². The summed E-state index contributed by atoms with van der Waals surface area (Å²) in [5, 5.41) is 3.57. The minimum absolute atomic E-state index is 1.09. The molecule has 0 saturated heterocycles. The van der Waals surface area contributed by atoms with E-state index in [9.17, 15) is 0 Å². The third kappa shape index (κ3) is 7.17. The summed E-state index contributed by atoms with van der Waals surface area (Å²) in [5.41, 5.74) is 1.29. The number of benzene rings is 1. The fourth-order valence-electron chi connectivity index (χ4n) is 1.83. The molecule has 0 saturated carbocycles. The van der Waals surface area contributed by atoms with Crippen LogP contribution < -0.4 is 5.32 Å². The standard InChI is InChI=1S/C16H27NS2/c1-4-7-8-9-17-14-11-15(18-6-3)13-16(12-14)19-10-5-2/h11-13,17H,4-10H2,1-3H3. The van der Waals surface area contributed by atoms with Gasteiger partial charge >= 0.3 is 0 Å². The Morgan fingerprint density at radius 1 is 0.895 bits per heavy atom. The maximum absolute atomic E-state index is 3.57. The molecule has 1 rings (SSSR count). The molecular weight excluding hydrogens is 270 g/mol. The Labute approximate surface area is 127 Å². The van der Waals surface area contributed by atoms with E-state index in [4.69, 9.17) is 0 Å². The number of rotatable bonds is 10. The number of hydrogen-bond donors (Lipinski definition) is 1. The Balaban J connectivity index is 2.63. The molecule has 0 atom stereocenters. The van der Waals surface area contributed by atoms with Crippen LogP contribution in [0, 0.1) is 0 Å². The third-order valence-corrected chi connectivity index (χ3v) is 4.81. The molecule has 0 bridgehead atoms. The summed E-state index contributed by atoms with van der Waals surface area (Å²) in [5.74, 6) is 2.34. The first kappa shape index (κ1) is 16.8. The van der Waals surface area contributed by atoms with E-state index in [-0.39, 0.29) is 0 Å². The fourth-order valence-corrected chi connectivity index (χ4v) is 3.52. The monoisotopic (exact) mass is 297 g/mol. The van der Waals surface area contributed by atoms with E-state index < -0.39 is 0 Å². The minimum atomic E-state index is 1.09. The number of anilines is 1. The molecule has 3 heteroatoms. The lowest BCUT2D eigenvalue weighted by Crippen LogP contribution is -2.01. The lowest BCUT2D eigenvalue weighted by molar-refractivity contribution is 0.743. The summed E-state index contributed by atoms with van der Waals surface area (Å²) in [6.45, 7) is 7.79. The molecule has 0 heterocycles. The average molecular weight is 298 g/mol. The van der Waals surface area contributed by atoms with Gasteiger partial charge in [0.2, 0.25) is 0 Å². The predicted octanol–water partition coefficient (Wildman–Crippen LogP) is 5.90. The summed E-state index contributed by atoms with van der Waals surface area (Å²) in [6.07, 6.45) is 5.09. The van der Waals surface area contributed by atoms with Gasteiger partial charge in [-0.15, -0.1) is 23.5 Å². The van der Waals surface area contributed by atoms with Crippen molar-refractivity contribution in [2.75, 3.05) is 23.4 Å². The zero-order valence-corrected chi connectivity index (χ0v) is 14.1. The number of hydrogen-bond acceptors (Lipinski definition) is 3. The highest BCUT2D eigenvalue weighted by molar-refractivity contribution is 8.00. The van der Waals surface area contributed by atoms with E-state index in [0.29, 0.717) is 0 Å². The van der Waals surface area contributed by atoms with Crippen molar-refractivity contribution in [3.05, 3.63) is 18.2 Å². The number of unbranched alkanes of at least 4 members (excludes halogenated alkanes) is 2. The lowest BCUT2D eigenvalue weighted by Gasteiger charge is -2.11. The zero-order valence-electron chi connectivity index (χ0n) is 12.5. The first-order valence-corrected chi connectivity index (χ1v) is 9.41. The summed E-state index contributed by atoms with van der Waals surface area (Å²) < 4.78 is 0. The Hall–Kier alpha value is -0.280. The Bertz CT molecular complexity index is 353. The first-order valence-electron chi connectivity index (χ1n) is 7.44. The molecule has 0 fully saturated rings. The molecular formula is C16H27NS2. The first-order chi connectivity index (χ1) is 9.30. The second-order valence-electron chi connectivity index (χ2n) is 4.61. The van der Waals surface area contributed by atoms with Gasteiger partial charge in [0.05, 0.1) is 0 Å². The summed E-state index contributed by atoms with van der Waals surface area (Å²) in [4.78, 5) is 2.79. The zero-order chi connectivity index (χ0) is 13.9. The van der Waals surface area contributed by atoms with E-state index in [0.717, 1.165) is 12.3 Å². The van der Waals surface area contributed by atoms with Gasteiger partial charge in [-0.25, -0.2) is 0 Å².